The second-order valence-corrected chi connectivity index (χ2v) is 2.27. The molecule has 0 saturated heterocycles. The van der Waals surface area contributed by atoms with Crippen LogP contribution < -0.4 is 0 Å². The summed E-state index contributed by atoms with van der Waals surface area (Å²) in [6.07, 6.45) is 3.00. The Kier molecular flexibility index (Phi) is 4.79. The molecule has 0 aromatic rings. The quantitative estimate of drug-likeness (QED) is 0.540. The number of halogens is 1. The molecular weight excluding hydrogens is 122 g/mol. The average molecular weight is 132 g/mol. The van der Waals surface area contributed by atoms with Crippen molar-refractivity contribution in [1.82, 2.24) is 0 Å². The van der Waals surface area contributed by atoms with E-state index >= 15 is 0 Å². The van der Waals surface area contributed by atoms with Gasteiger partial charge in [-0.05, 0) is 6.42 Å². The lowest BCUT2D eigenvalue weighted by atomic mass is 10.2. The third-order valence-electron chi connectivity index (χ3n) is 0.951. The summed E-state index contributed by atoms with van der Waals surface area (Å²) in [4.78, 5) is 0. The normalized spacial score (nSPS) is 12.6. The van der Waals surface area contributed by atoms with Gasteiger partial charge in [0.15, 0.2) is 0 Å². The second kappa shape index (κ2) is 4.93. The van der Waals surface area contributed by atoms with E-state index in [0.717, 1.165) is 19.3 Å². The summed E-state index contributed by atoms with van der Waals surface area (Å²) in [5, 5.41) is 7.91. The van der Waals surface area contributed by atoms with Crippen molar-refractivity contribution in [1.29, 1.82) is 5.26 Å². The molecule has 0 heterocycles. The topological polar surface area (TPSA) is 23.8 Å². The lowest BCUT2D eigenvalue weighted by Crippen LogP contribution is -1.91. The first-order valence-electron chi connectivity index (χ1n) is 2.85. The summed E-state index contributed by atoms with van der Waals surface area (Å²) < 4.78 is 0. The van der Waals surface area contributed by atoms with Crippen LogP contribution in [0, 0.1) is 11.3 Å². The van der Waals surface area contributed by atoms with Crippen molar-refractivity contribution in [2.45, 2.75) is 31.6 Å². The zero-order valence-electron chi connectivity index (χ0n) is 5.02. The van der Waals surface area contributed by atoms with E-state index in [1.807, 2.05) is 6.07 Å². The Morgan fingerprint density at radius 2 is 2.38 bits per heavy atom. The van der Waals surface area contributed by atoms with Gasteiger partial charge in [0.2, 0.25) is 0 Å². The Labute approximate surface area is 55.3 Å². The van der Waals surface area contributed by atoms with E-state index in [9.17, 15) is 0 Å². The standard InChI is InChI=1S/C6H10ClN/c1-2-3-4-6(7)5-8/h6H,2-4H2,1H3. The maximum atomic E-state index is 8.18. The van der Waals surface area contributed by atoms with Crippen LogP contribution in [0.3, 0.4) is 0 Å². The average Bonchev–Trinajstić information content (AvgIpc) is 1.83. The molecule has 0 aliphatic heterocycles. The van der Waals surface area contributed by atoms with Gasteiger partial charge in [0, 0.05) is 0 Å². The van der Waals surface area contributed by atoms with E-state index in [-0.39, 0.29) is 5.38 Å². The lowest BCUT2D eigenvalue weighted by molar-refractivity contribution is 0.738. The number of hydrogen-bond donors (Lipinski definition) is 0. The summed E-state index contributed by atoms with van der Waals surface area (Å²) in [6.45, 7) is 2.08. The molecule has 0 saturated carbocycles. The number of nitrogens with zero attached hydrogens (tertiary/aromatic N) is 1. The molecule has 8 heavy (non-hydrogen) atoms. The first-order chi connectivity index (χ1) is 3.81. The minimum atomic E-state index is -0.269. The van der Waals surface area contributed by atoms with Crippen LogP contribution in [0.4, 0.5) is 0 Å². The van der Waals surface area contributed by atoms with Crippen molar-refractivity contribution in [3.05, 3.63) is 0 Å². The van der Waals surface area contributed by atoms with Gasteiger partial charge in [-0.3, -0.25) is 0 Å². The molecule has 0 fully saturated rings. The van der Waals surface area contributed by atoms with Crippen molar-refractivity contribution < 1.29 is 0 Å². The minimum absolute atomic E-state index is 0.269. The highest BCUT2D eigenvalue weighted by Crippen LogP contribution is 2.04. The van der Waals surface area contributed by atoms with Crippen LogP contribution in [0.1, 0.15) is 26.2 Å². The third kappa shape index (κ3) is 3.95. The maximum Gasteiger partial charge on any atom is 0.120 e. The Balaban J connectivity index is 3.02. The van der Waals surface area contributed by atoms with Gasteiger partial charge in [-0.2, -0.15) is 5.26 Å². The Bertz CT molecular complexity index is 85.0. The minimum Gasteiger partial charge on any atom is -0.197 e. The second-order valence-electron chi connectivity index (χ2n) is 1.74. The van der Waals surface area contributed by atoms with Gasteiger partial charge in [-0.25, -0.2) is 0 Å². The molecule has 0 aliphatic rings. The zero-order valence-corrected chi connectivity index (χ0v) is 5.78. The Hall–Kier alpha value is -0.220. The van der Waals surface area contributed by atoms with Crippen LogP contribution in [0.25, 0.3) is 0 Å². The number of alkyl halides is 1. The predicted octanol–water partition coefficient (Wildman–Crippen LogP) is 2.31. The van der Waals surface area contributed by atoms with Crippen LogP contribution in [0.15, 0.2) is 0 Å². The summed E-state index contributed by atoms with van der Waals surface area (Å²) in [5.41, 5.74) is 0. The van der Waals surface area contributed by atoms with Crippen molar-refractivity contribution >= 4 is 11.6 Å². The fraction of sp³-hybridized carbons (Fsp3) is 0.833. The molecule has 0 radical (unpaired) electrons. The summed E-state index contributed by atoms with van der Waals surface area (Å²) in [7, 11) is 0. The SMILES string of the molecule is CCCCC(Cl)C#N. The maximum absolute atomic E-state index is 8.18. The molecule has 46 valence electrons. The molecule has 2 heteroatoms. The van der Waals surface area contributed by atoms with Crippen LogP contribution in [-0.4, -0.2) is 5.38 Å². The highest BCUT2D eigenvalue weighted by atomic mass is 35.5. The van der Waals surface area contributed by atoms with E-state index in [2.05, 4.69) is 6.92 Å². The number of nitriles is 1. The van der Waals surface area contributed by atoms with E-state index in [4.69, 9.17) is 16.9 Å². The molecule has 0 aromatic heterocycles. The number of unbranched alkanes of at least 4 members (excludes halogenated alkanes) is 1. The third-order valence-corrected chi connectivity index (χ3v) is 1.27. The first-order valence-corrected chi connectivity index (χ1v) is 3.28. The summed E-state index contributed by atoms with van der Waals surface area (Å²) >= 11 is 5.48. The zero-order chi connectivity index (χ0) is 6.41. The van der Waals surface area contributed by atoms with E-state index in [1.54, 1.807) is 0 Å². The smallest absolute Gasteiger partial charge is 0.120 e. The first kappa shape index (κ1) is 7.78. The molecule has 0 spiro atoms. The fourth-order valence-electron chi connectivity index (χ4n) is 0.448. The molecule has 1 unspecified atom stereocenters. The fourth-order valence-corrected chi connectivity index (χ4v) is 0.602. The monoisotopic (exact) mass is 131 g/mol. The van der Waals surface area contributed by atoms with E-state index < -0.39 is 0 Å². The van der Waals surface area contributed by atoms with Gasteiger partial charge in [0.1, 0.15) is 5.38 Å². The molecule has 1 nitrogen and oxygen atoms in total. The molecule has 0 bridgehead atoms. The van der Waals surface area contributed by atoms with Gasteiger partial charge < -0.3 is 0 Å². The highest BCUT2D eigenvalue weighted by Gasteiger charge is 1.97. The van der Waals surface area contributed by atoms with Crippen molar-refractivity contribution in [3.63, 3.8) is 0 Å². The van der Waals surface area contributed by atoms with E-state index in [1.165, 1.54) is 0 Å². The highest BCUT2D eigenvalue weighted by molar-refractivity contribution is 6.22. The van der Waals surface area contributed by atoms with Crippen LogP contribution in [0.2, 0.25) is 0 Å². The molecule has 0 N–H and O–H groups in total. The number of hydrogen-bond acceptors (Lipinski definition) is 1. The molecular formula is C6H10ClN. The van der Waals surface area contributed by atoms with Crippen molar-refractivity contribution in [2.75, 3.05) is 0 Å². The molecule has 1 atom stereocenters. The van der Waals surface area contributed by atoms with Crippen LogP contribution in [0.5, 0.6) is 0 Å². The molecule has 0 rings (SSSR count). The molecule has 0 aliphatic carbocycles. The van der Waals surface area contributed by atoms with Gasteiger partial charge in [0.05, 0.1) is 6.07 Å². The van der Waals surface area contributed by atoms with Crippen molar-refractivity contribution in [3.8, 4) is 6.07 Å². The van der Waals surface area contributed by atoms with Gasteiger partial charge in [0.25, 0.3) is 0 Å². The van der Waals surface area contributed by atoms with E-state index in [0.29, 0.717) is 0 Å². The summed E-state index contributed by atoms with van der Waals surface area (Å²) in [6, 6.07) is 1.97. The van der Waals surface area contributed by atoms with Gasteiger partial charge in [-0.15, -0.1) is 11.6 Å². The lowest BCUT2D eigenvalue weighted by Gasteiger charge is -1.94. The van der Waals surface area contributed by atoms with Crippen LogP contribution in [-0.2, 0) is 0 Å². The largest absolute Gasteiger partial charge is 0.197 e. The van der Waals surface area contributed by atoms with Gasteiger partial charge in [-0.1, -0.05) is 19.8 Å². The molecule has 0 amide bonds. The predicted molar refractivity (Wildman–Crippen MR) is 34.8 cm³/mol. The van der Waals surface area contributed by atoms with Crippen LogP contribution >= 0.6 is 11.6 Å². The number of rotatable bonds is 3. The summed E-state index contributed by atoms with van der Waals surface area (Å²) in [5.74, 6) is 0. The Morgan fingerprint density at radius 3 is 2.75 bits per heavy atom. The molecule has 0 aromatic carbocycles. The van der Waals surface area contributed by atoms with Crippen molar-refractivity contribution in [2.24, 2.45) is 0 Å². The Morgan fingerprint density at radius 1 is 1.75 bits per heavy atom. The van der Waals surface area contributed by atoms with Gasteiger partial charge >= 0.3 is 0 Å².